The maximum absolute atomic E-state index is 6.67. The molecule has 3 heteroatoms. The Morgan fingerprint density at radius 2 is 1.10 bits per heavy atom. The Labute approximate surface area is 287 Å². The number of fused-ring (bicyclic) bond motifs is 8. The molecule has 2 heterocycles. The van der Waals surface area contributed by atoms with E-state index < -0.39 is 0 Å². The fourth-order valence-corrected chi connectivity index (χ4v) is 8.51. The Morgan fingerprint density at radius 3 is 2.00 bits per heavy atom. The molecule has 0 saturated heterocycles. The average Bonchev–Trinajstić information content (AvgIpc) is 3.75. The molecule has 0 radical (unpaired) electrons. The van der Waals surface area contributed by atoms with Gasteiger partial charge in [-0.2, -0.15) is 0 Å². The molecule has 0 aliphatic rings. The van der Waals surface area contributed by atoms with Crippen LogP contribution < -0.4 is 4.90 Å². The van der Waals surface area contributed by atoms with Crippen LogP contribution in [0.5, 0.6) is 0 Å². The number of furan rings is 1. The third-order valence-corrected chi connectivity index (χ3v) is 10.8. The summed E-state index contributed by atoms with van der Waals surface area (Å²) in [5.41, 5.74) is 9.81. The second kappa shape index (κ2) is 11.2. The molecule has 2 aromatic heterocycles. The summed E-state index contributed by atoms with van der Waals surface area (Å²) in [6, 6.07) is 63.2. The molecule has 0 N–H and O–H groups in total. The highest BCUT2D eigenvalue weighted by Gasteiger charge is 2.23. The molecule has 0 atom stereocenters. The maximum atomic E-state index is 6.67. The molecule has 10 rings (SSSR count). The van der Waals surface area contributed by atoms with Crippen molar-refractivity contribution in [2.75, 3.05) is 4.90 Å². The maximum Gasteiger partial charge on any atom is 0.143 e. The quantitative estimate of drug-likeness (QED) is 0.186. The molecule has 8 aromatic carbocycles. The zero-order valence-corrected chi connectivity index (χ0v) is 27.3. The summed E-state index contributed by atoms with van der Waals surface area (Å²) in [6.45, 7) is 0. The summed E-state index contributed by atoms with van der Waals surface area (Å²) in [6.07, 6.45) is 0. The van der Waals surface area contributed by atoms with E-state index in [1.54, 1.807) is 0 Å². The Hall–Kier alpha value is -6.16. The molecular formula is C46H29NOS. The molecule has 0 bridgehead atoms. The van der Waals surface area contributed by atoms with Crippen molar-refractivity contribution >= 4 is 81.3 Å². The van der Waals surface area contributed by atoms with Gasteiger partial charge in [0, 0.05) is 42.2 Å². The SMILES string of the molecule is c1ccc(-c2ccc(N(c3ccccc3-c3ccc4c(c3)sc3ccccc34)c3cccc4oc5c6ccccc6ccc5c34)cc2)cc1. The van der Waals surface area contributed by atoms with Crippen molar-refractivity contribution in [3.63, 3.8) is 0 Å². The van der Waals surface area contributed by atoms with Gasteiger partial charge in [0.05, 0.1) is 16.8 Å². The number of hydrogen-bond acceptors (Lipinski definition) is 3. The van der Waals surface area contributed by atoms with Crippen molar-refractivity contribution in [1.29, 1.82) is 0 Å². The van der Waals surface area contributed by atoms with E-state index in [1.165, 1.54) is 47.8 Å². The second-order valence-corrected chi connectivity index (χ2v) is 13.6. The van der Waals surface area contributed by atoms with Gasteiger partial charge in [-0.05, 0) is 70.6 Å². The third kappa shape index (κ3) is 4.55. The summed E-state index contributed by atoms with van der Waals surface area (Å²) in [5.74, 6) is 0. The molecule has 0 amide bonds. The van der Waals surface area contributed by atoms with Gasteiger partial charge in [-0.15, -0.1) is 11.3 Å². The van der Waals surface area contributed by atoms with E-state index in [4.69, 9.17) is 4.42 Å². The van der Waals surface area contributed by atoms with Gasteiger partial charge in [0.15, 0.2) is 0 Å². The fraction of sp³-hybridized carbons (Fsp3) is 0. The highest BCUT2D eigenvalue weighted by atomic mass is 32.1. The van der Waals surface area contributed by atoms with Crippen LogP contribution in [-0.2, 0) is 0 Å². The second-order valence-electron chi connectivity index (χ2n) is 12.5. The van der Waals surface area contributed by atoms with Crippen LogP contribution in [0.3, 0.4) is 0 Å². The number of nitrogens with zero attached hydrogens (tertiary/aromatic N) is 1. The third-order valence-electron chi connectivity index (χ3n) is 9.67. The Kier molecular flexibility index (Phi) is 6.39. The highest BCUT2D eigenvalue weighted by molar-refractivity contribution is 7.25. The molecule has 0 spiro atoms. The first-order valence-corrected chi connectivity index (χ1v) is 17.4. The summed E-state index contributed by atoms with van der Waals surface area (Å²) in [7, 11) is 0. The predicted octanol–water partition coefficient (Wildman–Crippen LogP) is 13.9. The van der Waals surface area contributed by atoms with Crippen LogP contribution in [0.2, 0.25) is 0 Å². The van der Waals surface area contributed by atoms with Gasteiger partial charge in [-0.1, -0.05) is 127 Å². The van der Waals surface area contributed by atoms with Gasteiger partial charge in [-0.3, -0.25) is 0 Å². The monoisotopic (exact) mass is 643 g/mol. The van der Waals surface area contributed by atoms with Crippen LogP contribution in [-0.4, -0.2) is 0 Å². The van der Waals surface area contributed by atoms with E-state index in [0.717, 1.165) is 44.4 Å². The first kappa shape index (κ1) is 27.9. The van der Waals surface area contributed by atoms with Gasteiger partial charge in [0.1, 0.15) is 11.2 Å². The normalized spacial score (nSPS) is 11.7. The van der Waals surface area contributed by atoms with Crippen LogP contribution in [0.4, 0.5) is 17.1 Å². The van der Waals surface area contributed by atoms with Crippen LogP contribution in [0.1, 0.15) is 0 Å². The van der Waals surface area contributed by atoms with Gasteiger partial charge in [0.25, 0.3) is 0 Å². The van der Waals surface area contributed by atoms with Crippen LogP contribution >= 0.6 is 11.3 Å². The van der Waals surface area contributed by atoms with Crippen molar-refractivity contribution in [3.05, 3.63) is 176 Å². The van der Waals surface area contributed by atoms with Crippen molar-refractivity contribution < 1.29 is 4.42 Å². The Bertz CT molecular complexity index is 2830. The number of hydrogen-bond donors (Lipinski definition) is 0. The minimum absolute atomic E-state index is 0.874. The number of benzene rings is 8. The summed E-state index contributed by atoms with van der Waals surface area (Å²) >= 11 is 1.86. The van der Waals surface area contributed by atoms with E-state index in [0.29, 0.717) is 0 Å². The van der Waals surface area contributed by atoms with Crippen LogP contribution in [0, 0.1) is 0 Å². The summed E-state index contributed by atoms with van der Waals surface area (Å²) < 4.78 is 9.28. The number of anilines is 3. The molecule has 0 saturated carbocycles. The van der Waals surface area contributed by atoms with Crippen molar-refractivity contribution in [1.82, 2.24) is 0 Å². The first-order chi connectivity index (χ1) is 24.3. The predicted molar refractivity (Wildman–Crippen MR) is 210 cm³/mol. The number of para-hydroxylation sites is 1. The molecule has 49 heavy (non-hydrogen) atoms. The van der Waals surface area contributed by atoms with Gasteiger partial charge in [0.2, 0.25) is 0 Å². The molecule has 10 aromatic rings. The molecule has 230 valence electrons. The van der Waals surface area contributed by atoms with Crippen LogP contribution in [0.15, 0.2) is 180 Å². The first-order valence-electron chi connectivity index (χ1n) is 16.6. The fourth-order valence-electron chi connectivity index (χ4n) is 7.37. The lowest BCUT2D eigenvalue weighted by atomic mass is 9.99. The van der Waals surface area contributed by atoms with E-state index >= 15 is 0 Å². The highest BCUT2D eigenvalue weighted by Crippen LogP contribution is 2.47. The van der Waals surface area contributed by atoms with E-state index in [1.807, 2.05) is 11.3 Å². The lowest BCUT2D eigenvalue weighted by Crippen LogP contribution is -2.11. The number of thiophene rings is 1. The van der Waals surface area contributed by atoms with Crippen molar-refractivity contribution in [2.24, 2.45) is 0 Å². The van der Waals surface area contributed by atoms with Gasteiger partial charge < -0.3 is 9.32 Å². The van der Waals surface area contributed by atoms with E-state index in [2.05, 4.69) is 181 Å². The lowest BCUT2D eigenvalue weighted by Gasteiger charge is -2.28. The lowest BCUT2D eigenvalue weighted by molar-refractivity contribution is 0.672. The minimum atomic E-state index is 0.874. The minimum Gasteiger partial charge on any atom is -0.455 e. The van der Waals surface area contributed by atoms with E-state index in [-0.39, 0.29) is 0 Å². The standard InChI is InChI=1S/C46H29NOS/c1-2-11-30(12-3-1)31-21-25-34(26-22-31)47(41-18-10-19-42-45(41)39-28-23-32-13-4-5-15-36(32)46(39)48-42)40-17-8-6-14-35(40)33-24-27-38-37-16-7-9-20-43(37)49-44(38)29-33/h1-29H. The Morgan fingerprint density at radius 1 is 0.429 bits per heavy atom. The summed E-state index contributed by atoms with van der Waals surface area (Å²) in [5, 5.41) is 7.12. The molecule has 0 unspecified atom stereocenters. The zero-order chi connectivity index (χ0) is 32.3. The van der Waals surface area contributed by atoms with Crippen molar-refractivity contribution in [2.45, 2.75) is 0 Å². The molecule has 0 aliphatic heterocycles. The molecule has 2 nitrogen and oxygen atoms in total. The largest absolute Gasteiger partial charge is 0.455 e. The van der Waals surface area contributed by atoms with E-state index in [9.17, 15) is 0 Å². The Balaban J connectivity index is 1.22. The topological polar surface area (TPSA) is 16.4 Å². The zero-order valence-electron chi connectivity index (χ0n) is 26.5. The van der Waals surface area contributed by atoms with Gasteiger partial charge in [-0.25, -0.2) is 0 Å². The van der Waals surface area contributed by atoms with Crippen molar-refractivity contribution in [3.8, 4) is 22.3 Å². The molecule has 0 aliphatic carbocycles. The molecule has 0 fully saturated rings. The smallest absolute Gasteiger partial charge is 0.143 e. The van der Waals surface area contributed by atoms with Gasteiger partial charge >= 0.3 is 0 Å². The molecular weight excluding hydrogens is 615 g/mol. The van der Waals surface area contributed by atoms with Crippen LogP contribution in [0.25, 0.3) is 75.1 Å². The average molecular weight is 644 g/mol. The summed E-state index contributed by atoms with van der Waals surface area (Å²) in [4.78, 5) is 2.41. The number of rotatable bonds is 5.